The molecule has 176 valence electrons. The van der Waals surface area contributed by atoms with E-state index in [2.05, 4.69) is 19.2 Å². The van der Waals surface area contributed by atoms with Gasteiger partial charge in [-0.15, -0.1) is 0 Å². The zero-order valence-corrected chi connectivity index (χ0v) is 20.7. The molecule has 0 radical (unpaired) electrons. The Morgan fingerprint density at radius 1 is 0.939 bits per heavy atom. The molecule has 33 heavy (non-hydrogen) atoms. The van der Waals surface area contributed by atoms with E-state index in [0.717, 1.165) is 17.5 Å². The van der Waals surface area contributed by atoms with Crippen molar-refractivity contribution in [2.45, 2.75) is 64.7 Å². The van der Waals surface area contributed by atoms with Gasteiger partial charge in [-0.3, -0.25) is 10.1 Å². The Hall–Kier alpha value is -2.02. The monoisotopic (exact) mass is 466 g/mol. The topological polar surface area (TPSA) is 66.5 Å². The van der Waals surface area contributed by atoms with Crippen molar-refractivity contribution in [1.29, 1.82) is 0 Å². The van der Waals surface area contributed by atoms with Crippen molar-refractivity contribution in [2.75, 3.05) is 5.75 Å². The molecule has 0 aromatic heterocycles. The summed E-state index contributed by atoms with van der Waals surface area (Å²) < 4.78 is 30.3. The van der Waals surface area contributed by atoms with Crippen LogP contribution < -0.4 is 5.32 Å². The van der Waals surface area contributed by atoms with Gasteiger partial charge in [-0.25, -0.2) is 8.42 Å². The van der Waals surface area contributed by atoms with Crippen LogP contribution >= 0.6 is 0 Å². The molecule has 1 N–H and O–H groups in total. The minimum absolute atomic E-state index is 0.113. The van der Waals surface area contributed by atoms with Crippen molar-refractivity contribution in [3.05, 3.63) is 71.8 Å². The molecule has 3 unspecified atom stereocenters. The summed E-state index contributed by atoms with van der Waals surface area (Å²) in [5, 5.41) is 3.61. The Bertz CT molecular complexity index is 1160. The summed E-state index contributed by atoms with van der Waals surface area (Å²) in [6.07, 6.45) is 2.12. The van der Waals surface area contributed by atoms with Crippen molar-refractivity contribution >= 4 is 15.8 Å². The number of carbonyl (C=O) groups excluding carboxylic acids is 1. The lowest BCUT2D eigenvalue weighted by Crippen LogP contribution is -2.53. The number of fused-ring (bicyclic) bond motifs is 2. The summed E-state index contributed by atoms with van der Waals surface area (Å²) in [6, 6.07) is 19.3. The van der Waals surface area contributed by atoms with Crippen molar-refractivity contribution < 1.29 is 13.2 Å². The zero-order valence-electron chi connectivity index (χ0n) is 19.9. The normalized spacial score (nSPS) is 33.0. The number of rotatable bonds is 5. The average molecular weight is 467 g/mol. The Morgan fingerprint density at radius 3 is 2.03 bits per heavy atom. The zero-order chi connectivity index (χ0) is 23.6. The van der Waals surface area contributed by atoms with Gasteiger partial charge in [0.25, 0.3) is 0 Å². The maximum Gasteiger partial charge on any atom is 0.217 e. The van der Waals surface area contributed by atoms with E-state index in [9.17, 15) is 13.2 Å². The molecule has 0 spiro atoms. The van der Waals surface area contributed by atoms with E-state index in [0.29, 0.717) is 12.8 Å². The second-order valence-corrected chi connectivity index (χ2v) is 13.0. The first-order valence-electron chi connectivity index (χ1n) is 11.9. The summed E-state index contributed by atoms with van der Waals surface area (Å²) in [6.45, 7) is 8.06. The van der Waals surface area contributed by atoms with Crippen molar-refractivity contribution in [2.24, 2.45) is 16.7 Å². The van der Waals surface area contributed by atoms with Gasteiger partial charge in [0.2, 0.25) is 10.0 Å². The number of carbonyl (C=O) groups is 1. The van der Waals surface area contributed by atoms with Crippen LogP contribution in [-0.2, 0) is 14.8 Å². The molecule has 2 aromatic carbocycles. The van der Waals surface area contributed by atoms with Gasteiger partial charge >= 0.3 is 0 Å². The molecule has 3 fully saturated rings. The second-order valence-electron chi connectivity index (χ2n) is 11.2. The van der Waals surface area contributed by atoms with E-state index >= 15 is 0 Å². The fourth-order valence-corrected chi connectivity index (χ4v) is 9.70. The minimum atomic E-state index is -3.79. The molecule has 1 saturated heterocycles. The lowest BCUT2D eigenvalue weighted by Gasteiger charge is -2.40. The van der Waals surface area contributed by atoms with Crippen LogP contribution in [0.3, 0.4) is 0 Å². The van der Waals surface area contributed by atoms with Crippen LogP contribution in [0.5, 0.6) is 0 Å². The Morgan fingerprint density at radius 2 is 1.52 bits per heavy atom. The van der Waals surface area contributed by atoms with Gasteiger partial charge in [-0.1, -0.05) is 74.5 Å². The number of benzene rings is 2. The Balaban J connectivity index is 1.61. The fraction of sp³-hybridized carbons (Fsp3) is 0.519. The average Bonchev–Trinajstić information content (AvgIpc) is 3.27. The summed E-state index contributed by atoms with van der Waals surface area (Å²) in [5.74, 6) is 0.304. The van der Waals surface area contributed by atoms with Gasteiger partial charge in [0.05, 0.1) is 23.5 Å². The number of nitrogens with zero attached hydrogens (tertiary/aromatic N) is 1. The molecule has 2 aliphatic carbocycles. The molecule has 3 aliphatic rings. The molecule has 4 atom stereocenters. The fourth-order valence-electron chi connectivity index (χ4n) is 6.92. The molecule has 5 rings (SSSR count). The van der Waals surface area contributed by atoms with E-state index < -0.39 is 27.1 Å². The predicted molar refractivity (Wildman–Crippen MR) is 130 cm³/mol. The minimum Gasteiger partial charge on any atom is -0.299 e. The first-order chi connectivity index (χ1) is 15.5. The van der Waals surface area contributed by atoms with Gasteiger partial charge in [-0.2, -0.15) is 4.31 Å². The summed E-state index contributed by atoms with van der Waals surface area (Å²) >= 11 is 0. The third-order valence-corrected chi connectivity index (χ3v) is 10.9. The predicted octanol–water partition coefficient (Wildman–Crippen LogP) is 4.84. The van der Waals surface area contributed by atoms with Crippen LogP contribution in [0.4, 0.5) is 0 Å². The van der Waals surface area contributed by atoms with Gasteiger partial charge in [-0.05, 0) is 49.1 Å². The van der Waals surface area contributed by atoms with Crippen LogP contribution in [-0.4, -0.2) is 29.9 Å². The highest BCUT2D eigenvalue weighted by atomic mass is 32.2. The lowest BCUT2D eigenvalue weighted by molar-refractivity contribution is -0.128. The van der Waals surface area contributed by atoms with E-state index in [4.69, 9.17) is 0 Å². The quantitative estimate of drug-likeness (QED) is 0.685. The van der Waals surface area contributed by atoms with Crippen LogP contribution in [0.15, 0.2) is 60.7 Å². The molecule has 1 aliphatic heterocycles. The lowest BCUT2D eigenvalue weighted by atomic mass is 9.70. The molecular formula is C27H34N2O3S. The molecular weight excluding hydrogens is 432 g/mol. The number of nitrogens with one attached hydrogen (secondary N) is 1. The molecule has 2 aromatic rings. The van der Waals surface area contributed by atoms with Crippen molar-refractivity contribution in [1.82, 2.24) is 9.62 Å². The van der Waals surface area contributed by atoms with Gasteiger partial charge in [0, 0.05) is 11.8 Å². The first-order valence-corrected chi connectivity index (χ1v) is 13.5. The van der Waals surface area contributed by atoms with Gasteiger partial charge < -0.3 is 0 Å². The van der Waals surface area contributed by atoms with E-state index in [-0.39, 0.29) is 28.9 Å². The van der Waals surface area contributed by atoms with Crippen molar-refractivity contribution in [3.63, 3.8) is 0 Å². The highest BCUT2D eigenvalue weighted by Crippen LogP contribution is 2.64. The number of hydrogen-bond donors (Lipinski definition) is 1. The second kappa shape index (κ2) is 7.49. The molecule has 1 heterocycles. The third kappa shape index (κ3) is 3.33. The molecule has 2 bridgehead atoms. The Kier molecular flexibility index (Phi) is 5.16. The largest absolute Gasteiger partial charge is 0.299 e. The van der Waals surface area contributed by atoms with Crippen LogP contribution in [0.25, 0.3) is 0 Å². The van der Waals surface area contributed by atoms with Gasteiger partial charge in [0.15, 0.2) is 0 Å². The molecule has 5 nitrogen and oxygen atoms in total. The standard InChI is InChI=1S/C27H34N2O3S/c1-25(2)21-15-16-27(25,22(30)17-21)18-33(31,32)29-24(20-13-9-6-10-14-20)23(28-26(29,3)4)19-11-7-5-8-12-19/h5-14,21,23-24,28H,15-18H2,1-4H3/t21?,23?,24?,27-/m0/s1. The van der Waals surface area contributed by atoms with Crippen LogP contribution in [0.2, 0.25) is 0 Å². The van der Waals surface area contributed by atoms with Crippen molar-refractivity contribution in [3.8, 4) is 0 Å². The number of Topliss-reactive ketones (excluding diaryl/α,β-unsaturated/α-hetero) is 1. The molecule has 2 saturated carbocycles. The van der Waals surface area contributed by atoms with E-state index in [1.54, 1.807) is 4.31 Å². The highest BCUT2D eigenvalue weighted by molar-refractivity contribution is 7.89. The molecule has 0 amide bonds. The number of hydrogen-bond acceptors (Lipinski definition) is 4. The van der Waals surface area contributed by atoms with Crippen LogP contribution in [0, 0.1) is 16.7 Å². The highest BCUT2D eigenvalue weighted by Gasteiger charge is 2.66. The number of ketones is 1. The summed E-state index contributed by atoms with van der Waals surface area (Å²) in [7, 11) is -3.79. The summed E-state index contributed by atoms with van der Waals surface area (Å²) in [4.78, 5) is 13.2. The maximum absolute atomic E-state index is 14.3. The number of sulfonamides is 1. The summed E-state index contributed by atoms with van der Waals surface area (Å²) in [5.41, 5.74) is 0.106. The SMILES string of the molecule is CC1(C)NC(c2ccccc2)C(c2ccccc2)N1S(=O)(=O)C[C@@]12CCC(CC1=O)C2(C)C. The molecule has 6 heteroatoms. The smallest absolute Gasteiger partial charge is 0.217 e. The Labute approximate surface area is 197 Å². The third-order valence-electron chi connectivity index (χ3n) is 8.80. The van der Waals surface area contributed by atoms with E-state index in [1.807, 2.05) is 74.5 Å². The van der Waals surface area contributed by atoms with E-state index in [1.165, 1.54) is 0 Å². The van der Waals surface area contributed by atoms with Crippen LogP contribution in [0.1, 0.15) is 70.2 Å². The van der Waals surface area contributed by atoms with Gasteiger partial charge in [0.1, 0.15) is 5.78 Å². The maximum atomic E-state index is 14.3. The first kappa shape index (κ1) is 22.8.